The van der Waals surface area contributed by atoms with E-state index in [0.717, 1.165) is 0 Å². The Kier molecular flexibility index (Phi) is 5.50. The summed E-state index contributed by atoms with van der Waals surface area (Å²) in [6, 6.07) is 6.79. The first kappa shape index (κ1) is 15.3. The minimum absolute atomic E-state index is 0.294. The van der Waals surface area contributed by atoms with E-state index in [1.807, 2.05) is 0 Å². The van der Waals surface area contributed by atoms with Crippen LogP contribution in [0, 0.1) is 0 Å². The number of esters is 1. The van der Waals surface area contributed by atoms with Gasteiger partial charge >= 0.3 is 5.97 Å². The van der Waals surface area contributed by atoms with Crippen LogP contribution in [-0.4, -0.2) is 28.7 Å². The molecule has 0 bridgehead atoms. The second kappa shape index (κ2) is 6.45. The summed E-state index contributed by atoms with van der Waals surface area (Å²) < 4.78 is 3.99. The fraction of sp³-hybridized carbons (Fsp3) is 0.462. The van der Waals surface area contributed by atoms with Gasteiger partial charge in [0.05, 0.1) is 6.61 Å². The Balaban J connectivity index is 3.00. The molecular formula is C13H17ClO3S. The van der Waals surface area contributed by atoms with E-state index in [1.54, 1.807) is 44.4 Å². The first-order valence-electron chi connectivity index (χ1n) is 5.61. The molecule has 1 N–H and O–H groups in total. The van der Waals surface area contributed by atoms with Crippen molar-refractivity contribution in [3.05, 3.63) is 34.9 Å². The van der Waals surface area contributed by atoms with Gasteiger partial charge in [-0.3, -0.25) is 4.79 Å². The monoisotopic (exact) mass is 288 g/mol. The summed E-state index contributed by atoms with van der Waals surface area (Å²) in [5.41, 5.74) is 0.643. The average Bonchev–Trinajstić information content (AvgIpc) is 2.38. The highest BCUT2D eigenvalue weighted by atomic mass is 35.5. The summed E-state index contributed by atoms with van der Waals surface area (Å²) in [4.78, 5) is 11.9. The van der Waals surface area contributed by atoms with E-state index in [0.29, 0.717) is 17.2 Å². The molecule has 0 unspecified atom stereocenters. The number of rotatable bonds is 5. The number of carbonyl (C=O) groups is 1. The lowest BCUT2D eigenvalue weighted by atomic mass is 9.96. The third kappa shape index (κ3) is 3.19. The van der Waals surface area contributed by atoms with Crippen molar-refractivity contribution in [3.63, 3.8) is 0 Å². The standard InChI is InChI=1S/C13H17ClO3S/c1-4-17-12(16)13(2,18-3)11(15)9-5-7-10(14)8-6-9/h5-8,11,15H,4H2,1-3H3/t11-,13+/m0/s1. The van der Waals surface area contributed by atoms with Crippen LogP contribution in [0.1, 0.15) is 25.5 Å². The van der Waals surface area contributed by atoms with Crippen LogP contribution in [-0.2, 0) is 9.53 Å². The molecule has 0 radical (unpaired) electrons. The maximum atomic E-state index is 11.9. The maximum absolute atomic E-state index is 11.9. The molecule has 0 heterocycles. The number of carbonyl (C=O) groups excluding carboxylic acids is 1. The largest absolute Gasteiger partial charge is 0.465 e. The van der Waals surface area contributed by atoms with Crippen LogP contribution < -0.4 is 0 Å². The predicted octanol–water partition coefficient (Wildman–Crippen LogP) is 3.06. The molecule has 0 saturated heterocycles. The van der Waals surface area contributed by atoms with Crippen molar-refractivity contribution in [2.75, 3.05) is 12.9 Å². The van der Waals surface area contributed by atoms with Crippen LogP contribution in [0.25, 0.3) is 0 Å². The molecule has 0 aromatic heterocycles. The van der Waals surface area contributed by atoms with Gasteiger partial charge in [0.15, 0.2) is 0 Å². The van der Waals surface area contributed by atoms with Gasteiger partial charge in [-0.05, 0) is 37.8 Å². The topological polar surface area (TPSA) is 46.5 Å². The van der Waals surface area contributed by atoms with Gasteiger partial charge in [0.2, 0.25) is 0 Å². The predicted molar refractivity (Wildman–Crippen MR) is 75.0 cm³/mol. The lowest BCUT2D eigenvalue weighted by Crippen LogP contribution is -2.39. The zero-order valence-electron chi connectivity index (χ0n) is 10.6. The molecule has 0 saturated carbocycles. The Morgan fingerprint density at radius 3 is 2.50 bits per heavy atom. The van der Waals surface area contributed by atoms with Crippen LogP contribution in [0.5, 0.6) is 0 Å². The summed E-state index contributed by atoms with van der Waals surface area (Å²) in [7, 11) is 0. The van der Waals surface area contributed by atoms with E-state index in [9.17, 15) is 9.90 Å². The highest BCUT2D eigenvalue weighted by Crippen LogP contribution is 2.37. The molecule has 0 aliphatic rings. The van der Waals surface area contributed by atoms with Gasteiger partial charge in [-0.1, -0.05) is 23.7 Å². The molecule has 18 heavy (non-hydrogen) atoms. The molecule has 1 aromatic rings. The fourth-order valence-corrected chi connectivity index (χ4v) is 2.26. The molecule has 1 rings (SSSR count). The van der Waals surface area contributed by atoms with E-state index in [1.165, 1.54) is 11.8 Å². The van der Waals surface area contributed by atoms with Crippen LogP contribution in [0.15, 0.2) is 24.3 Å². The minimum Gasteiger partial charge on any atom is -0.465 e. The SMILES string of the molecule is CCOC(=O)[C@](C)(SC)[C@@H](O)c1ccc(Cl)cc1. The Morgan fingerprint density at radius 2 is 2.06 bits per heavy atom. The van der Waals surface area contributed by atoms with E-state index in [-0.39, 0.29) is 0 Å². The van der Waals surface area contributed by atoms with Crippen LogP contribution in [0.3, 0.4) is 0 Å². The summed E-state index contributed by atoms with van der Waals surface area (Å²) in [5, 5.41) is 11.0. The second-order valence-electron chi connectivity index (χ2n) is 3.99. The Labute approximate surface area is 116 Å². The van der Waals surface area contributed by atoms with E-state index >= 15 is 0 Å². The fourth-order valence-electron chi connectivity index (χ4n) is 1.54. The average molecular weight is 289 g/mol. The molecule has 0 amide bonds. The van der Waals surface area contributed by atoms with Crippen LogP contribution in [0.2, 0.25) is 5.02 Å². The lowest BCUT2D eigenvalue weighted by Gasteiger charge is -2.30. The molecule has 3 nitrogen and oxygen atoms in total. The quantitative estimate of drug-likeness (QED) is 0.846. The maximum Gasteiger partial charge on any atom is 0.324 e. The number of thioether (sulfide) groups is 1. The summed E-state index contributed by atoms with van der Waals surface area (Å²) in [5.74, 6) is -0.417. The van der Waals surface area contributed by atoms with Crippen molar-refractivity contribution >= 4 is 29.3 Å². The molecule has 0 aliphatic heterocycles. The van der Waals surface area contributed by atoms with Crippen molar-refractivity contribution in [2.45, 2.75) is 24.7 Å². The van der Waals surface area contributed by atoms with Gasteiger partial charge in [-0.2, -0.15) is 0 Å². The van der Waals surface area contributed by atoms with Gasteiger partial charge in [-0.15, -0.1) is 11.8 Å². The molecule has 0 spiro atoms. The van der Waals surface area contributed by atoms with E-state index in [4.69, 9.17) is 16.3 Å². The number of benzene rings is 1. The Morgan fingerprint density at radius 1 is 1.50 bits per heavy atom. The van der Waals surface area contributed by atoms with Crippen LogP contribution in [0.4, 0.5) is 0 Å². The summed E-state index contributed by atoms with van der Waals surface area (Å²) in [6.07, 6.45) is 0.833. The van der Waals surface area contributed by atoms with Gasteiger partial charge in [-0.25, -0.2) is 0 Å². The number of halogens is 1. The zero-order chi connectivity index (χ0) is 13.8. The molecular weight excluding hydrogens is 272 g/mol. The number of aliphatic hydroxyl groups is 1. The normalized spacial score (nSPS) is 15.8. The van der Waals surface area contributed by atoms with Crippen molar-refractivity contribution in [2.24, 2.45) is 0 Å². The summed E-state index contributed by atoms with van der Waals surface area (Å²) >= 11 is 7.07. The van der Waals surface area contributed by atoms with E-state index in [2.05, 4.69) is 0 Å². The molecule has 1 aromatic carbocycles. The van der Waals surface area contributed by atoms with Crippen molar-refractivity contribution in [3.8, 4) is 0 Å². The van der Waals surface area contributed by atoms with Gasteiger partial charge < -0.3 is 9.84 Å². The number of aliphatic hydroxyl groups excluding tert-OH is 1. The molecule has 5 heteroatoms. The van der Waals surface area contributed by atoms with Crippen molar-refractivity contribution < 1.29 is 14.6 Å². The highest BCUT2D eigenvalue weighted by molar-refractivity contribution is 8.00. The minimum atomic E-state index is -1.02. The first-order valence-corrected chi connectivity index (χ1v) is 7.22. The Bertz CT molecular complexity index is 407. The molecule has 2 atom stereocenters. The number of hydrogen-bond donors (Lipinski definition) is 1. The highest BCUT2D eigenvalue weighted by Gasteiger charge is 2.42. The lowest BCUT2D eigenvalue weighted by molar-refractivity contribution is -0.148. The van der Waals surface area contributed by atoms with Crippen LogP contribution >= 0.6 is 23.4 Å². The third-order valence-corrected chi connectivity index (χ3v) is 4.30. The number of ether oxygens (including phenoxy) is 1. The van der Waals surface area contributed by atoms with Gasteiger partial charge in [0.25, 0.3) is 0 Å². The molecule has 0 aliphatic carbocycles. The van der Waals surface area contributed by atoms with Gasteiger partial charge in [0.1, 0.15) is 10.9 Å². The second-order valence-corrected chi connectivity index (χ2v) is 5.68. The Hall–Kier alpha value is -0.710. The van der Waals surface area contributed by atoms with Gasteiger partial charge in [0, 0.05) is 5.02 Å². The third-order valence-electron chi connectivity index (χ3n) is 2.81. The first-order chi connectivity index (χ1) is 8.45. The molecule has 0 fully saturated rings. The smallest absolute Gasteiger partial charge is 0.324 e. The summed E-state index contributed by atoms with van der Waals surface area (Å²) in [6.45, 7) is 3.71. The van der Waals surface area contributed by atoms with Crippen molar-refractivity contribution in [1.29, 1.82) is 0 Å². The molecule has 100 valence electrons. The zero-order valence-corrected chi connectivity index (χ0v) is 12.2. The number of hydrogen-bond acceptors (Lipinski definition) is 4. The van der Waals surface area contributed by atoms with Crippen molar-refractivity contribution in [1.82, 2.24) is 0 Å². The van der Waals surface area contributed by atoms with E-state index < -0.39 is 16.8 Å².